The molecule has 0 amide bonds. The number of hydrogen-bond donors (Lipinski definition) is 2. The summed E-state index contributed by atoms with van der Waals surface area (Å²) < 4.78 is 0. The molecule has 10 heteroatoms. The Labute approximate surface area is 197 Å². The van der Waals surface area contributed by atoms with Crippen molar-refractivity contribution in [1.29, 1.82) is 0 Å². The average molecular weight is 481 g/mol. The molecule has 1 aliphatic rings. The summed E-state index contributed by atoms with van der Waals surface area (Å²) in [5.41, 5.74) is 6.55. The third-order valence-electron chi connectivity index (χ3n) is 4.69. The fraction of sp³-hybridized carbons (Fsp3) is 0.0909. The quantitative estimate of drug-likeness (QED) is 0.299. The number of anilines is 2. The van der Waals surface area contributed by atoms with Gasteiger partial charge in [0.05, 0.1) is 11.6 Å². The molecule has 0 spiro atoms. The van der Waals surface area contributed by atoms with Crippen LogP contribution in [0.3, 0.4) is 0 Å². The van der Waals surface area contributed by atoms with E-state index in [1.165, 1.54) is 27.7 Å². The lowest BCUT2D eigenvalue weighted by atomic mass is 10.1. The molecule has 3 heterocycles. The van der Waals surface area contributed by atoms with Crippen molar-refractivity contribution in [2.75, 3.05) is 10.4 Å². The van der Waals surface area contributed by atoms with Gasteiger partial charge in [-0.05, 0) is 0 Å². The number of nitrogens with one attached hydrogen (secondary N) is 1. The summed E-state index contributed by atoms with van der Waals surface area (Å²) in [6, 6.07) is 19.5. The van der Waals surface area contributed by atoms with E-state index in [-0.39, 0.29) is 0 Å². The van der Waals surface area contributed by atoms with Crippen LogP contribution < -0.4 is 10.4 Å². The van der Waals surface area contributed by atoms with Crippen molar-refractivity contribution in [3.8, 4) is 11.3 Å². The number of hydrazone groups is 2. The Bertz CT molecular complexity index is 1270. The SMILES string of the molecule is OC1/C(=N\Nc2ncc(CCl)s2)C(c2ccccc2)=NN1c1nc(-c2ccccc2)cs1. The van der Waals surface area contributed by atoms with Gasteiger partial charge in [-0.1, -0.05) is 72.0 Å². The first kappa shape index (κ1) is 20.8. The van der Waals surface area contributed by atoms with Crippen LogP contribution in [0.2, 0.25) is 0 Å². The molecule has 0 fully saturated rings. The average Bonchev–Trinajstić information content (AvgIpc) is 3.58. The van der Waals surface area contributed by atoms with Gasteiger partial charge in [-0.15, -0.1) is 22.9 Å². The van der Waals surface area contributed by atoms with Crippen molar-refractivity contribution < 1.29 is 5.11 Å². The molecule has 2 N–H and O–H groups in total. The Morgan fingerprint density at radius 1 is 1.06 bits per heavy atom. The van der Waals surface area contributed by atoms with Gasteiger partial charge in [-0.25, -0.2) is 15.0 Å². The molecule has 5 rings (SSSR count). The number of hydrogen-bond acceptors (Lipinski definition) is 9. The van der Waals surface area contributed by atoms with Gasteiger partial charge in [0.1, 0.15) is 11.4 Å². The molecule has 0 bridgehead atoms. The summed E-state index contributed by atoms with van der Waals surface area (Å²) in [4.78, 5) is 9.87. The van der Waals surface area contributed by atoms with Crippen LogP contribution in [0.4, 0.5) is 10.3 Å². The molecule has 4 aromatic rings. The Balaban J connectivity index is 1.48. The summed E-state index contributed by atoms with van der Waals surface area (Å²) in [6.45, 7) is 0. The topological polar surface area (TPSA) is 86.0 Å². The van der Waals surface area contributed by atoms with Gasteiger partial charge < -0.3 is 5.11 Å². The van der Waals surface area contributed by atoms with Crippen LogP contribution in [0.25, 0.3) is 11.3 Å². The number of rotatable bonds is 6. The molecule has 1 aliphatic heterocycles. The zero-order valence-electron chi connectivity index (χ0n) is 16.6. The number of aromatic nitrogens is 2. The smallest absolute Gasteiger partial charge is 0.209 e. The fourth-order valence-corrected chi connectivity index (χ4v) is 4.79. The minimum atomic E-state index is -1.10. The summed E-state index contributed by atoms with van der Waals surface area (Å²) in [6.07, 6.45) is 0.602. The Morgan fingerprint density at radius 2 is 1.78 bits per heavy atom. The highest BCUT2D eigenvalue weighted by Crippen LogP contribution is 2.31. The van der Waals surface area contributed by atoms with Gasteiger partial charge in [-0.2, -0.15) is 10.2 Å². The van der Waals surface area contributed by atoms with Crippen LogP contribution in [0.1, 0.15) is 10.4 Å². The van der Waals surface area contributed by atoms with E-state index in [4.69, 9.17) is 11.6 Å². The highest BCUT2D eigenvalue weighted by atomic mass is 35.5. The van der Waals surface area contributed by atoms with Gasteiger partial charge in [0.2, 0.25) is 10.3 Å². The van der Waals surface area contributed by atoms with Gasteiger partial charge >= 0.3 is 0 Å². The Morgan fingerprint density at radius 3 is 2.47 bits per heavy atom. The second kappa shape index (κ2) is 9.17. The van der Waals surface area contributed by atoms with E-state index in [1.807, 2.05) is 66.0 Å². The fourth-order valence-electron chi connectivity index (χ4n) is 3.15. The second-order valence-corrected chi connectivity index (χ2v) is 9.01. The lowest BCUT2D eigenvalue weighted by Gasteiger charge is -2.15. The zero-order chi connectivity index (χ0) is 21.9. The molecule has 2 aromatic carbocycles. The molecule has 160 valence electrons. The number of aliphatic hydroxyl groups excluding tert-OH is 1. The summed E-state index contributed by atoms with van der Waals surface area (Å²) >= 11 is 8.68. The summed E-state index contributed by atoms with van der Waals surface area (Å²) in [7, 11) is 0. The molecular weight excluding hydrogens is 464 g/mol. The van der Waals surface area contributed by atoms with Gasteiger partial charge in [-0.3, -0.25) is 5.43 Å². The normalized spacial score (nSPS) is 17.1. The van der Waals surface area contributed by atoms with Crippen molar-refractivity contribution in [3.05, 3.63) is 82.7 Å². The van der Waals surface area contributed by atoms with Crippen molar-refractivity contribution in [1.82, 2.24) is 9.97 Å². The van der Waals surface area contributed by atoms with Gasteiger partial charge in [0, 0.05) is 27.6 Å². The molecule has 0 saturated carbocycles. The molecule has 0 saturated heterocycles. The highest BCUT2D eigenvalue weighted by molar-refractivity contribution is 7.15. The summed E-state index contributed by atoms with van der Waals surface area (Å²) in [5.74, 6) is 0.386. The van der Waals surface area contributed by atoms with Crippen LogP contribution in [0, 0.1) is 0 Å². The van der Waals surface area contributed by atoms with Crippen LogP contribution >= 0.6 is 34.3 Å². The number of halogens is 1. The third-order valence-corrected chi connectivity index (χ3v) is 6.87. The predicted octanol–water partition coefficient (Wildman–Crippen LogP) is 5.02. The van der Waals surface area contributed by atoms with Crippen LogP contribution in [0.15, 0.2) is 82.4 Å². The first-order valence-corrected chi connectivity index (χ1v) is 11.9. The Hall–Kier alpha value is -3.11. The zero-order valence-corrected chi connectivity index (χ0v) is 19.0. The maximum atomic E-state index is 11.1. The second-order valence-electron chi connectivity index (χ2n) is 6.79. The molecule has 0 aliphatic carbocycles. The molecule has 32 heavy (non-hydrogen) atoms. The Kier molecular flexibility index (Phi) is 5.95. The van der Waals surface area contributed by atoms with Crippen molar-refractivity contribution >= 4 is 56.0 Å². The van der Waals surface area contributed by atoms with E-state index in [0.29, 0.717) is 27.6 Å². The van der Waals surface area contributed by atoms with Crippen LogP contribution in [0.5, 0.6) is 0 Å². The number of aliphatic hydroxyl groups is 1. The number of alkyl halides is 1. The van der Waals surface area contributed by atoms with Crippen LogP contribution in [-0.4, -0.2) is 32.7 Å². The lowest BCUT2D eigenvalue weighted by molar-refractivity contribution is 0.242. The first-order valence-electron chi connectivity index (χ1n) is 9.70. The van der Waals surface area contributed by atoms with E-state index in [1.54, 1.807) is 6.20 Å². The maximum absolute atomic E-state index is 11.1. The van der Waals surface area contributed by atoms with Crippen LogP contribution in [-0.2, 0) is 5.88 Å². The molecular formula is C22H17ClN6OS2. The predicted molar refractivity (Wildman–Crippen MR) is 132 cm³/mol. The largest absolute Gasteiger partial charge is 0.366 e. The third kappa shape index (κ3) is 4.15. The minimum Gasteiger partial charge on any atom is -0.366 e. The number of nitrogens with zero attached hydrogens (tertiary/aromatic N) is 5. The van der Waals surface area contributed by atoms with Crippen molar-refractivity contribution in [3.63, 3.8) is 0 Å². The molecule has 1 atom stereocenters. The molecule has 2 aromatic heterocycles. The monoisotopic (exact) mass is 480 g/mol. The van der Waals surface area contributed by atoms with Crippen molar-refractivity contribution in [2.45, 2.75) is 12.1 Å². The number of thiazole rings is 2. The maximum Gasteiger partial charge on any atom is 0.209 e. The van der Waals surface area contributed by atoms with Gasteiger partial charge in [0.15, 0.2) is 6.23 Å². The van der Waals surface area contributed by atoms with E-state index in [2.05, 4.69) is 25.6 Å². The first-order chi connectivity index (χ1) is 15.7. The summed E-state index contributed by atoms with van der Waals surface area (Å²) in [5, 5.41) is 24.8. The van der Waals surface area contributed by atoms with Gasteiger partial charge in [0.25, 0.3) is 0 Å². The highest BCUT2D eigenvalue weighted by Gasteiger charge is 2.35. The van der Waals surface area contributed by atoms with Crippen molar-refractivity contribution in [2.24, 2.45) is 10.2 Å². The number of benzene rings is 2. The lowest BCUT2D eigenvalue weighted by Crippen LogP contribution is -2.34. The van der Waals surface area contributed by atoms with E-state index in [9.17, 15) is 5.11 Å². The molecule has 1 unspecified atom stereocenters. The minimum absolute atomic E-state index is 0.385. The van der Waals surface area contributed by atoms with E-state index >= 15 is 0 Å². The standard InChI is InChI=1S/C22H17ClN6OS2/c23-11-16-12-24-21(32-16)27-26-19-18(15-9-5-2-6-10-15)28-29(20(19)30)22-25-17(13-31-22)14-7-3-1-4-8-14/h1-10,12-13,20,30H,11H2,(H,24,27)/b26-19-. The van der Waals surface area contributed by atoms with E-state index in [0.717, 1.165) is 21.7 Å². The van der Waals surface area contributed by atoms with E-state index < -0.39 is 6.23 Å². The molecule has 0 radical (unpaired) electrons. The molecule has 7 nitrogen and oxygen atoms in total.